The van der Waals surface area contributed by atoms with Gasteiger partial charge in [-0.2, -0.15) is 9.29 Å². The molecular formula is C16H28N7O14P3. The summed E-state index contributed by atoms with van der Waals surface area (Å²) in [4.78, 5) is 71.6. The number of anilines is 1. The standard InChI is InChI=1S/C16H28N7O14P3/c1-2-9(24)17-4-3-5-18-16-20-13-10(14(27)21-16)19-7-23(13)15-12(26)11(25)8(36-15)6-35-40(33,34)37-39(31,32)22-38(28,29)30/h7-8,11-12,15,25-26H,2-6H2,1H3,(H,17,24)(H,33,34)(H2,18,20,21,27)(H4,22,28,29,30,31,32)/t8-,11-,12-,15-/m1/s1. The molecule has 0 aromatic carbocycles. The molecule has 1 aliphatic rings. The molecule has 1 fully saturated rings. The summed E-state index contributed by atoms with van der Waals surface area (Å²) < 4.78 is 49.4. The predicted molar refractivity (Wildman–Crippen MR) is 132 cm³/mol. The van der Waals surface area contributed by atoms with Gasteiger partial charge in [-0.15, -0.1) is 4.86 Å². The number of hydrogen-bond donors (Lipinski definition) is 10. The third-order valence-electron chi connectivity index (χ3n) is 5.21. The molecule has 0 saturated carbocycles. The number of phosphoric ester groups is 1. The van der Waals surface area contributed by atoms with E-state index in [0.717, 1.165) is 15.8 Å². The maximum atomic E-state index is 12.5. The predicted octanol–water partition coefficient (Wildman–Crippen LogP) is -2.02. The molecule has 40 heavy (non-hydrogen) atoms. The average molecular weight is 635 g/mol. The third-order valence-corrected chi connectivity index (χ3v) is 9.44. The van der Waals surface area contributed by atoms with Gasteiger partial charge in [-0.3, -0.25) is 23.7 Å². The van der Waals surface area contributed by atoms with Crippen LogP contribution < -0.4 is 21.1 Å². The van der Waals surface area contributed by atoms with E-state index >= 15 is 0 Å². The van der Waals surface area contributed by atoms with Crippen LogP contribution in [-0.4, -0.2) is 93.2 Å². The lowest BCUT2D eigenvalue weighted by molar-refractivity contribution is -0.120. The minimum atomic E-state index is -5.51. The lowest BCUT2D eigenvalue weighted by atomic mass is 10.1. The van der Waals surface area contributed by atoms with Crippen LogP contribution in [0.1, 0.15) is 26.0 Å². The van der Waals surface area contributed by atoms with Gasteiger partial charge in [-0.25, -0.2) is 18.7 Å². The van der Waals surface area contributed by atoms with Crippen molar-refractivity contribution >= 4 is 46.3 Å². The van der Waals surface area contributed by atoms with Gasteiger partial charge in [0.1, 0.15) is 18.3 Å². The number of aromatic nitrogens is 4. The van der Waals surface area contributed by atoms with E-state index in [1.807, 2.05) is 0 Å². The molecule has 3 rings (SSSR count). The molecule has 1 aliphatic heterocycles. The number of H-pyrrole nitrogens is 1. The number of carbonyl (C=O) groups excluding carboxylic acids is 1. The highest BCUT2D eigenvalue weighted by Crippen LogP contribution is 2.61. The number of ether oxygens (including phenoxy) is 1. The Morgan fingerprint density at radius 3 is 2.52 bits per heavy atom. The number of nitrogens with zero attached hydrogens (tertiary/aromatic N) is 3. The number of aromatic amines is 1. The lowest BCUT2D eigenvalue weighted by Crippen LogP contribution is -2.33. The molecule has 0 spiro atoms. The Balaban J connectivity index is 1.68. The first kappa shape index (κ1) is 32.4. The van der Waals surface area contributed by atoms with Gasteiger partial charge in [-0.05, 0) is 6.42 Å². The van der Waals surface area contributed by atoms with Gasteiger partial charge in [-0.1, -0.05) is 6.92 Å². The van der Waals surface area contributed by atoms with Crippen LogP contribution in [0.2, 0.25) is 0 Å². The maximum absolute atomic E-state index is 12.5. The van der Waals surface area contributed by atoms with Crippen LogP contribution in [-0.2, 0) is 32.1 Å². The van der Waals surface area contributed by atoms with Crippen molar-refractivity contribution in [1.82, 2.24) is 29.7 Å². The SMILES string of the molecule is CCC(=O)NCCCNc1nc2c(ncn2[C@@H]2O[C@H](COP(=O)(O)OP(=O)(O)NP(=O)(O)O)[C@@H](O)[C@H]2O)c(=O)[nH]1. The number of aliphatic hydroxyl groups is 2. The van der Waals surface area contributed by atoms with Gasteiger partial charge in [0.15, 0.2) is 17.4 Å². The molecule has 0 aliphatic carbocycles. The average Bonchev–Trinajstić information content (AvgIpc) is 3.36. The number of aliphatic hydroxyl groups excluding tert-OH is 2. The van der Waals surface area contributed by atoms with Crippen LogP contribution in [0.4, 0.5) is 5.95 Å². The lowest BCUT2D eigenvalue weighted by Gasteiger charge is -2.19. The first-order valence-electron chi connectivity index (χ1n) is 11.4. The number of nitrogens with one attached hydrogen (secondary N) is 4. The molecule has 24 heteroatoms. The fourth-order valence-corrected chi connectivity index (χ4v) is 6.89. The number of carbonyl (C=O) groups is 1. The zero-order valence-electron chi connectivity index (χ0n) is 20.6. The Kier molecular flexibility index (Phi) is 10.4. The molecule has 21 nitrogen and oxygen atoms in total. The van der Waals surface area contributed by atoms with E-state index in [1.165, 1.54) is 0 Å². The van der Waals surface area contributed by atoms with Gasteiger partial charge >= 0.3 is 23.3 Å². The monoisotopic (exact) mass is 635 g/mol. The van der Waals surface area contributed by atoms with E-state index in [0.29, 0.717) is 25.9 Å². The van der Waals surface area contributed by atoms with Gasteiger partial charge in [0.25, 0.3) is 5.56 Å². The summed E-state index contributed by atoms with van der Waals surface area (Å²) in [5, 5.41) is 26.4. The summed E-state index contributed by atoms with van der Waals surface area (Å²) in [6, 6.07) is 0. The molecule has 2 aromatic heterocycles. The number of imidazole rings is 1. The summed E-state index contributed by atoms with van der Waals surface area (Å²) in [6.07, 6.45) is -4.48. The molecule has 226 valence electrons. The van der Waals surface area contributed by atoms with Gasteiger partial charge in [0, 0.05) is 19.5 Å². The molecule has 10 N–H and O–H groups in total. The quantitative estimate of drug-likeness (QED) is 0.0791. The Labute approximate surface area is 224 Å². The second-order valence-corrected chi connectivity index (χ2v) is 13.1. The van der Waals surface area contributed by atoms with Crippen molar-refractivity contribution in [2.45, 2.75) is 44.3 Å². The van der Waals surface area contributed by atoms with Gasteiger partial charge in [0.05, 0.1) is 12.9 Å². The van der Waals surface area contributed by atoms with E-state index in [2.05, 4.69) is 34.4 Å². The number of fused-ring (bicyclic) bond motifs is 1. The maximum Gasteiger partial charge on any atom is 0.480 e. The summed E-state index contributed by atoms with van der Waals surface area (Å²) in [6.45, 7) is 1.42. The second kappa shape index (κ2) is 12.8. The van der Waals surface area contributed by atoms with Crippen LogP contribution in [0.5, 0.6) is 0 Å². The largest absolute Gasteiger partial charge is 0.480 e. The smallest absolute Gasteiger partial charge is 0.387 e. The minimum Gasteiger partial charge on any atom is -0.387 e. The highest BCUT2D eigenvalue weighted by Gasteiger charge is 2.46. The van der Waals surface area contributed by atoms with Crippen molar-refractivity contribution in [2.75, 3.05) is 25.0 Å². The number of amides is 1. The molecule has 3 heterocycles. The number of phosphoric acid groups is 1. The molecular weight excluding hydrogens is 607 g/mol. The summed E-state index contributed by atoms with van der Waals surface area (Å²) >= 11 is 0. The van der Waals surface area contributed by atoms with Crippen molar-refractivity contribution in [3.63, 3.8) is 0 Å². The van der Waals surface area contributed by atoms with Crippen LogP contribution in [0.15, 0.2) is 11.1 Å². The van der Waals surface area contributed by atoms with Crippen LogP contribution in [0, 0.1) is 0 Å². The van der Waals surface area contributed by atoms with Crippen LogP contribution in [0.3, 0.4) is 0 Å². The summed E-state index contributed by atoms with van der Waals surface area (Å²) in [7, 11) is -16.3. The zero-order valence-corrected chi connectivity index (χ0v) is 23.2. The highest BCUT2D eigenvalue weighted by atomic mass is 31.3. The topological polar surface area (TPSA) is 317 Å². The highest BCUT2D eigenvalue weighted by molar-refractivity contribution is 7.70. The fourth-order valence-electron chi connectivity index (χ4n) is 3.45. The van der Waals surface area contributed by atoms with Crippen molar-refractivity contribution in [2.24, 2.45) is 0 Å². The summed E-state index contributed by atoms with van der Waals surface area (Å²) in [5.41, 5.74) is -0.853. The molecule has 1 amide bonds. The fraction of sp³-hybridized carbons (Fsp3) is 0.625. The molecule has 6 atom stereocenters. The Morgan fingerprint density at radius 1 is 1.18 bits per heavy atom. The Hall–Kier alpha value is -2.09. The molecule has 1 saturated heterocycles. The van der Waals surface area contributed by atoms with Crippen molar-refractivity contribution < 1.29 is 61.8 Å². The molecule has 0 bridgehead atoms. The molecule has 2 aromatic rings. The van der Waals surface area contributed by atoms with Gasteiger partial charge < -0.3 is 45.2 Å². The van der Waals surface area contributed by atoms with Gasteiger partial charge in [0.2, 0.25) is 11.9 Å². The minimum absolute atomic E-state index is 0.0321. The summed E-state index contributed by atoms with van der Waals surface area (Å²) in [5.74, 6) is -0.0813. The van der Waals surface area contributed by atoms with Crippen molar-refractivity contribution in [1.29, 1.82) is 0 Å². The van der Waals surface area contributed by atoms with E-state index in [9.17, 15) is 43.3 Å². The Bertz CT molecular complexity index is 1410. The number of hydrogen-bond acceptors (Lipinski definition) is 13. The normalized spacial score (nSPS) is 24.5. The first-order valence-corrected chi connectivity index (χ1v) is 16.1. The van der Waals surface area contributed by atoms with Crippen molar-refractivity contribution in [3.05, 3.63) is 16.7 Å². The van der Waals surface area contributed by atoms with E-state index in [-0.39, 0.29) is 23.0 Å². The number of rotatable bonds is 14. The zero-order chi connectivity index (χ0) is 29.9. The molecule has 0 radical (unpaired) electrons. The second-order valence-electron chi connectivity index (χ2n) is 8.28. The first-order chi connectivity index (χ1) is 18.5. The third kappa shape index (κ3) is 8.70. The van der Waals surface area contributed by atoms with Crippen LogP contribution in [0.25, 0.3) is 11.2 Å². The van der Waals surface area contributed by atoms with E-state index in [1.54, 1.807) is 6.92 Å². The molecule has 2 unspecified atom stereocenters. The van der Waals surface area contributed by atoms with E-state index < -0.39 is 60.0 Å². The van der Waals surface area contributed by atoms with Crippen molar-refractivity contribution in [3.8, 4) is 0 Å². The van der Waals surface area contributed by atoms with Crippen LogP contribution >= 0.6 is 23.3 Å². The van der Waals surface area contributed by atoms with E-state index in [4.69, 9.17) is 14.5 Å². The Morgan fingerprint density at radius 2 is 1.88 bits per heavy atom.